The van der Waals surface area contributed by atoms with Gasteiger partial charge < -0.3 is 10.2 Å². The number of nitrogens with one attached hydrogen (secondary N) is 2. The largest absolute Gasteiger partial charge is 0.345 e. The Bertz CT molecular complexity index is 984. The fourth-order valence-electron chi connectivity index (χ4n) is 4.14. The van der Waals surface area contributed by atoms with Crippen LogP contribution in [0, 0.1) is 0 Å². The number of carbonyl (C=O) groups is 1. The van der Waals surface area contributed by atoms with Crippen molar-refractivity contribution in [3.63, 3.8) is 0 Å². The van der Waals surface area contributed by atoms with Crippen molar-refractivity contribution in [3.05, 3.63) is 65.2 Å². The predicted molar refractivity (Wildman–Crippen MR) is 112 cm³/mol. The second kappa shape index (κ2) is 8.26. The number of sulfonamides is 1. The lowest BCUT2D eigenvalue weighted by Gasteiger charge is -2.29. The fourth-order valence-corrected chi connectivity index (χ4v) is 5.48. The molecule has 1 fully saturated rings. The standard InChI is InChI=1S/C22H27N3O3S/c1-25-13-11-18(12-14-25)24-29(27,28)19-9-7-16-8-10-21(20(16)15-19)23-22(26)17-5-3-2-4-6-17/h2-7,9,15,18,21,24H,8,10-14H2,1H3,(H,23,26)/t21-/m0/s1. The van der Waals surface area contributed by atoms with Crippen LogP contribution in [-0.2, 0) is 16.4 Å². The Hall–Kier alpha value is -2.22. The Morgan fingerprint density at radius 1 is 1.03 bits per heavy atom. The second-order valence-corrected chi connectivity index (χ2v) is 9.70. The van der Waals surface area contributed by atoms with Gasteiger partial charge in [-0.1, -0.05) is 24.3 Å². The van der Waals surface area contributed by atoms with E-state index in [1.807, 2.05) is 24.3 Å². The number of rotatable bonds is 5. The minimum atomic E-state index is -3.58. The normalized spacial score (nSPS) is 20.4. The highest BCUT2D eigenvalue weighted by Crippen LogP contribution is 2.33. The van der Waals surface area contributed by atoms with Crippen molar-refractivity contribution < 1.29 is 13.2 Å². The molecule has 2 N–H and O–H groups in total. The van der Waals surface area contributed by atoms with Gasteiger partial charge in [0.2, 0.25) is 10.0 Å². The molecule has 0 spiro atoms. The zero-order chi connectivity index (χ0) is 20.4. The van der Waals surface area contributed by atoms with Gasteiger partial charge in [-0.15, -0.1) is 0 Å². The van der Waals surface area contributed by atoms with Crippen molar-refractivity contribution in [1.82, 2.24) is 14.9 Å². The molecule has 1 aliphatic heterocycles. The first-order chi connectivity index (χ1) is 13.9. The van der Waals surface area contributed by atoms with E-state index in [0.717, 1.165) is 49.9 Å². The number of carbonyl (C=O) groups excluding carboxylic acids is 1. The van der Waals surface area contributed by atoms with Crippen LogP contribution in [0.5, 0.6) is 0 Å². The third-order valence-electron chi connectivity index (χ3n) is 5.89. The van der Waals surface area contributed by atoms with Gasteiger partial charge in [-0.2, -0.15) is 0 Å². The molecule has 7 heteroatoms. The van der Waals surface area contributed by atoms with Crippen molar-refractivity contribution in [3.8, 4) is 0 Å². The Morgan fingerprint density at radius 2 is 1.76 bits per heavy atom. The molecule has 0 bridgehead atoms. The van der Waals surface area contributed by atoms with Crippen LogP contribution >= 0.6 is 0 Å². The molecule has 1 saturated heterocycles. The first kappa shape index (κ1) is 20.1. The molecule has 6 nitrogen and oxygen atoms in total. The molecule has 2 aromatic rings. The average Bonchev–Trinajstić information content (AvgIpc) is 3.12. The molecule has 0 aromatic heterocycles. The summed E-state index contributed by atoms with van der Waals surface area (Å²) in [6.45, 7) is 1.79. The lowest BCUT2D eigenvalue weighted by atomic mass is 10.1. The Balaban J connectivity index is 1.50. The average molecular weight is 414 g/mol. The Morgan fingerprint density at radius 3 is 2.48 bits per heavy atom. The molecule has 0 saturated carbocycles. The molecule has 0 unspecified atom stereocenters. The van der Waals surface area contributed by atoms with E-state index in [0.29, 0.717) is 5.56 Å². The smallest absolute Gasteiger partial charge is 0.251 e. The van der Waals surface area contributed by atoms with Crippen LogP contribution in [0.4, 0.5) is 0 Å². The summed E-state index contributed by atoms with van der Waals surface area (Å²) in [4.78, 5) is 15.0. The number of hydrogen-bond donors (Lipinski definition) is 2. The van der Waals surface area contributed by atoms with E-state index in [2.05, 4.69) is 22.0 Å². The monoisotopic (exact) mass is 413 g/mol. The number of benzene rings is 2. The third-order valence-corrected chi connectivity index (χ3v) is 7.41. The van der Waals surface area contributed by atoms with Crippen molar-refractivity contribution in [2.75, 3.05) is 20.1 Å². The molecule has 4 rings (SSSR count). The van der Waals surface area contributed by atoms with Crippen LogP contribution in [-0.4, -0.2) is 45.4 Å². The highest BCUT2D eigenvalue weighted by Gasteiger charge is 2.28. The van der Waals surface area contributed by atoms with E-state index in [1.54, 1.807) is 24.3 Å². The number of amides is 1. The van der Waals surface area contributed by atoms with E-state index in [-0.39, 0.29) is 22.9 Å². The van der Waals surface area contributed by atoms with Crippen LogP contribution in [0.3, 0.4) is 0 Å². The van der Waals surface area contributed by atoms with Crippen molar-refractivity contribution in [2.45, 2.75) is 42.7 Å². The first-order valence-corrected chi connectivity index (χ1v) is 11.6. The number of likely N-dealkylation sites (tertiary alicyclic amines) is 1. The summed E-state index contributed by atoms with van der Waals surface area (Å²) in [5, 5.41) is 3.06. The van der Waals surface area contributed by atoms with Gasteiger partial charge >= 0.3 is 0 Å². The molecular weight excluding hydrogens is 386 g/mol. The summed E-state index contributed by atoms with van der Waals surface area (Å²) in [5.74, 6) is -0.138. The molecule has 1 atom stereocenters. The first-order valence-electron chi connectivity index (χ1n) is 10.1. The number of aryl methyl sites for hydroxylation is 1. The van der Waals surface area contributed by atoms with E-state index in [4.69, 9.17) is 0 Å². The van der Waals surface area contributed by atoms with Crippen molar-refractivity contribution in [2.24, 2.45) is 0 Å². The van der Waals surface area contributed by atoms with Gasteiger partial charge in [0.1, 0.15) is 0 Å². The zero-order valence-electron chi connectivity index (χ0n) is 16.6. The topological polar surface area (TPSA) is 78.5 Å². The number of hydrogen-bond acceptors (Lipinski definition) is 4. The maximum atomic E-state index is 12.9. The lowest BCUT2D eigenvalue weighted by Crippen LogP contribution is -2.43. The minimum absolute atomic E-state index is 0.0296. The van der Waals surface area contributed by atoms with Gasteiger partial charge in [0, 0.05) is 11.6 Å². The van der Waals surface area contributed by atoms with Crippen LogP contribution in [0.25, 0.3) is 0 Å². The van der Waals surface area contributed by atoms with Crippen molar-refractivity contribution in [1.29, 1.82) is 0 Å². The minimum Gasteiger partial charge on any atom is -0.345 e. The van der Waals surface area contributed by atoms with E-state index >= 15 is 0 Å². The molecular formula is C22H27N3O3S. The number of fused-ring (bicyclic) bond motifs is 1. The summed E-state index contributed by atoms with van der Waals surface area (Å²) in [5.41, 5.74) is 2.61. The molecule has 0 radical (unpaired) electrons. The van der Waals surface area contributed by atoms with Gasteiger partial charge in [-0.25, -0.2) is 13.1 Å². The van der Waals surface area contributed by atoms with Gasteiger partial charge in [0.15, 0.2) is 0 Å². The van der Waals surface area contributed by atoms with Gasteiger partial charge in [0.05, 0.1) is 10.9 Å². The lowest BCUT2D eigenvalue weighted by molar-refractivity contribution is 0.0936. The van der Waals surface area contributed by atoms with Crippen molar-refractivity contribution >= 4 is 15.9 Å². The summed E-state index contributed by atoms with van der Waals surface area (Å²) in [7, 11) is -1.53. The van der Waals surface area contributed by atoms with Gasteiger partial charge in [0.25, 0.3) is 5.91 Å². The summed E-state index contributed by atoms with van der Waals surface area (Å²) in [6, 6.07) is 14.2. The van der Waals surface area contributed by atoms with E-state index in [1.165, 1.54) is 0 Å². The second-order valence-electron chi connectivity index (χ2n) is 7.99. The molecule has 2 aliphatic rings. The highest BCUT2D eigenvalue weighted by atomic mass is 32.2. The number of piperidine rings is 1. The van der Waals surface area contributed by atoms with Crippen LogP contribution in [0.15, 0.2) is 53.4 Å². The summed E-state index contributed by atoms with van der Waals surface area (Å²) >= 11 is 0. The molecule has 1 amide bonds. The SMILES string of the molecule is CN1CCC(NS(=O)(=O)c2ccc3c(c2)[C@@H](NC(=O)c2ccccc2)CC3)CC1. The fraction of sp³-hybridized carbons (Fsp3) is 0.409. The number of nitrogens with zero attached hydrogens (tertiary/aromatic N) is 1. The maximum absolute atomic E-state index is 12.9. The van der Waals surface area contributed by atoms with Gasteiger partial charge in [-0.05, 0) is 81.2 Å². The molecule has 29 heavy (non-hydrogen) atoms. The molecule has 2 aromatic carbocycles. The molecule has 1 heterocycles. The van der Waals surface area contributed by atoms with Crippen LogP contribution in [0.1, 0.15) is 46.8 Å². The van der Waals surface area contributed by atoms with Crippen LogP contribution < -0.4 is 10.0 Å². The summed E-state index contributed by atoms with van der Waals surface area (Å²) in [6.07, 6.45) is 3.24. The third kappa shape index (κ3) is 4.52. The van der Waals surface area contributed by atoms with Crippen LogP contribution in [0.2, 0.25) is 0 Å². The highest BCUT2D eigenvalue weighted by molar-refractivity contribution is 7.89. The summed E-state index contributed by atoms with van der Waals surface area (Å²) < 4.78 is 28.7. The molecule has 154 valence electrons. The molecule has 1 aliphatic carbocycles. The van der Waals surface area contributed by atoms with E-state index < -0.39 is 10.0 Å². The Kier molecular flexibility index (Phi) is 5.72. The van der Waals surface area contributed by atoms with E-state index in [9.17, 15) is 13.2 Å². The zero-order valence-corrected chi connectivity index (χ0v) is 17.4. The van der Waals surface area contributed by atoms with Gasteiger partial charge in [-0.3, -0.25) is 4.79 Å². The maximum Gasteiger partial charge on any atom is 0.251 e. The predicted octanol–water partition coefficient (Wildman–Crippen LogP) is 2.48. The Labute approximate surface area is 172 Å². The quantitative estimate of drug-likeness (QED) is 0.789.